The second-order valence-corrected chi connectivity index (χ2v) is 6.81. The normalized spacial score (nSPS) is 21.0. The molecule has 2 heterocycles. The topological polar surface area (TPSA) is 58.4 Å². The van der Waals surface area contributed by atoms with Crippen molar-refractivity contribution in [1.29, 1.82) is 0 Å². The number of piperidine rings is 1. The Hall–Kier alpha value is -2.40. The Balaban J connectivity index is 1.56. The van der Waals surface area contributed by atoms with E-state index in [1.165, 1.54) is 11.1 Å². The summed E-state index contributed by atoms with van der Waals surface area (Å²) in [6, 6.07) is 8.29. The molecule has 0 radical (unpaired) electrons. The van der Waals surface area contributed by atoms with Crippen molar-refractivity contribution in [2.45, 2.75) is 25.9 Å². The van der Waals surface area contributed by atoms with Crippen LogP contribution < -0.4 is 0 Å². The Morgan fingerprint density at radius 1 is 1.40 bits per heavy atom. The van der Waals surface area contributed by atoms with Crippen LogP contribution in [0.2, 0.25) is 0 Å². The van der Waals surface area contributed by atoms with Crippen molar-refractivity contribution >= 4 is 12.0 Å². The van der Waals surface area contributed by atoms with Crippen molar-refractivity contribution in [1.82, 2.24) is 14.7 Å². The molecule has 5 nitrogen and oxygen atoms in total. The Morgan fingerprint density at radius 3 is 2.88 bits per heavy atom. The lowest BCUT2D eigenvalue weighted by Gasteiger charge is -2.35. The SMILES string of the molecule is Cc1ccccc1C[C@H]1CCN(C(=O)/C=C/c2cnn(C)c2)C[C@@H]1O. The molecule has 1 aliphatic rings. The number of aryl methyl sites for hydroxylation is 2. The number of benzene rings is 1. The lowest BCUT2D eigenvalue weighted by atomic mass is 9.86. The minimum absolute atomic E-state index is 0.0581. The van der Waals surface area contributed by atoms with Gasteiger partial charge in [0.1, 0.15) is 0 Å². The first-order valence-corrected chi connectivity index (χ1v) is 8.71. The fourth-order valence-electron chi connectivity index (χ4n) is 3.34. The van der Waals surface area contributed by atoms with Crippen LogP contribution in [0.15, 0.2) is 42.7 Å². The zero-order valence-electron chi connectivity index (χ0n) is 14.8. The van der Waals surface area contributed by atoms with Gasteiger partial charge in [-0.25, -0.2) is 0 Å². The summed E-state index contributed by atoms with van der Waals surface area (Å²) in [6.45, 7) is 3.18. The standard InChI is InChI=1S/C20H25N3O2/c1-15-5-3-4-6-17(15)11-18-9-10-23(14-19(18)24)20(25)8-7-16-12-21-22(2)13-16/h3-8,12-13,18-19,24H,9-11,14H2,1-2H3/b8-7+/t18-,19+/m1/s1. The maximum absolute atomic E-state index is 12.3. The van der Waals surface area contributed by atoms with Crippen molar-refractivity contribution in [3.05, 3.63) is 59.4 Å². The Kier molecular flexibility index (Phi) is 5.34. The van der Waals surface area contributed by atoms with Gasteiger partial charge in [0.05, 0.1) is 12.3 Å². The number of amides is 1. The highest BCUT2D eigenvalue weighted by Crippen LogP contribution is 2.24. The van der Waals surface area contributed by atoms with Crippen LogP contribution in [0.3, 0.4) is 0 Å². The predicted molar refractivity (Wildman–Crippen MR) is 97.8 cm³/mol. The van der Waals surface area contributed by atoms with E-state index in [0.29, 0.717) is 13.1 Å². The van der Waals surface area contributed by atoms with E-state index in [9.17, 15) is 9.90 Å². The average molecular weight is 339 g/mol. The van der Waals surface area contributed by atoms with E-state index in [2.05, 4.69) is 24.2 Å². The van der Waals surface area contributed by atoms with Gasteiger partial charge in [-0.2, -0.15) is 5.10 Å². The summed E-state index contributed by atoms with van der Waals surface area (Å²) in [5.74, 6) is 0.143. The Labute approximate surface area is 148 Å². The van der Waals surface area contributed by atoms with Crippen LogP contribution in [0.1, 0.15) is 23.1 Å². The molecule has 0 unspecified atom stereocenters. The average Bonchev–Trinajstić information content (AvgIpc) is 3.02. The van der Waals surface area contributed by atoms with E-state index in [1.54, 1.807) is 27.9 Å². The van der Waals surface area contributed by atoms with Gasteiger partial charge in [0.25, 0.3) is 0 Å². The summed E-state index contributed by atoms with van der Waals surface area (Å²) in [5, 5.41) is 14.6. The van der Waals surface area contributed by atoms with Gasteiger partial charge < -0.3 is 10.0 Å². The summed E-state index contributed by atoms with van der Waals surface area (Å²) >= 11 is 0. The zero-order chi connectivity index (χ0) is 17.8. The summed E-state index contributed by atoms with van der Waals surface area (Å²) in [4.78, 5) is 14.1. The van der Waals surface area contributed by atoms with Crippen molar-refractivity contribution in [3.63, 3.8) is 0 Å². The molecule has 5 heteroatoms. The maximum atomic E-state index is 12.3. The fraction of sp³-hybridized carbons (Fsp3) is 0.400. The molecule has 2 aromatic rings. The van der Waals surface area contributed by atoms with Gasteiger partial charge in [-0.15, -0.1) is 0 Å². The number of carbonyl (C=O) groups excluding carboxylic acids is 1. The first-order chi connectivity index (χ1) is 12.0. The van der Waals surface area contributed by atoms with Crippen LogP contribution in [-0.4, -0.2) is 44.9 Å². The minimum atomic E-state index is -0.482. The summed E-state index contributed by atoms with van der Waals surface area (Å²) < 4.78 is 1.70. The number of aliphatic hydroxyl groups excluding tert-OH is 1. The molecular weight excluding hydrogens is 314 g/mol. The zero-order valence-corrected chi connectivity index (χ0v) is 14.8. The number of carbonyl (C=O) groups is 1. The van der Waals surface area contributed by atoms with Crippen LogP contribution in [0.25, 0.3) is 6.08 Å². The van der Waals surface area contributed by atoms with Gasteiger partial charge in [0.15, 0.2) is 0 Å². The number of hydrogen-bond donors (Lipinski definition) is 1. The molecule has 1 fully saturated rings. The van der Waals surface area contributed by atoms with Gasteiger partial charge in [0, 0.05) is 38.0 Å². The monoisotopic (exact) mass is 339 g/mol. The number of rotatable bonds is 4. The molecule has 25 heavy (non-hydrogen) atoms. The summed E-state index contributed by atoms with van der Waals surface area (Å²) in [6.07, 6.45) is 8.10. The van der Waals surface area contributed by atoms with E-state index in [4.69, 9.17) is 0 Å². The van der Waals surface area contributed by atoms with E-state index < -0.39 is 6.10 Å². The van der Waals surface area contributed by atoms with Gasteiger partial charge in [-0.1, -0.05) is 24.3 Å². The molecule has 1 N–H and O–H groups in total. The van der Waals surface area contributed by atoms with Crippen LogP contribution in [0.4, 0.5) is 0 Å². The fourth-order valence-corrected chi connectivity index (χ4v) is 3.34. The van der Waals surface area contributed by atoms with Gasteiger partial charge >= 0.3 is 0 Å². The lowest BCUT2D eigenvalue weighted by molar-refractivity contribution is -0.130. The molecule has 132 valence electrons. The van der Waals surface area contributed by atoms with E-state index in [1.807, 2.05) is 25.4 Å². The maximum Gasteiger partial charge on any atom is 0.246 e. The third-order valence-corrected chi connectivity index (χ3v) is 4.92. The first kappa shape index (κ1) is 17.4. The smallest absolute Gasteiger partial charge is 0.246 e. The van der Waals surface area contributed by atoms with E-state index >= 15 is 0 Å². The van der Waals surface area contributed by atoms with Gasteiger partial charge in [0.2, 0.25) is 5.91 Å². The quantitative estimate of drug-likeness (QED) is 0.869. The molecule has 3 rings (SSSR count). The number of β-amino-alcohol motifs (C(OH)–C–C–N with tert-alkyl or cyclic N) is 1. The number of likely N-dealkylation sites (tertiary alicyclic amines) is 1. The van der Waals surface area contributed by atoms with Crippen LogP contribution in [-0.2, 0) is 18.3 Å². The molecule has 0 saturated carbocycles. The number of aromatic nitrogens is 2. The van der Waals surface area contributed by atoms with E-state index in [-0.39, 0.29) is 11.8 Å². The molecule has 1 aromatic heterocycles. The third kappa shape index (κ3) is 4.37. The highest BCUT2D eigenvalue weighted by molar-refractivity contribution is 5.91. The van der Waals surface area contributed by atoms with Crippen LogP contribution >= 0.6 is 0 Å². The Morgan fingerprint density at radius 2 is 2.20 bits per heavy atom. The van der Waals surface area contributed by atoms with E-state index in [0.717, 1.165) is 18.4 Å². The van der Waals surface area contributed by atoms with Crippen LogP contribution in [0, 0.1) is 12.8 Å². The summed E-state index contributed by atoms with van der Waals surface area (Å²) in [5.41, 5.74) is 3.43. The second kappa shape index (κ2) is 7.66. The Bertz CT molecular complexity index is 766. The molecule has 1 aliphatic heterocycles. The lowest BCUT2D eigenvalue weighted by Crippen LogP contribution is -2.46. The number of hydrogen-bond acceptors (Lipinski definition) is 3. The highest BCUT2D eigenvalue weighted by Gasteiger charge is 2.29. The van der Waals surface area contributed by atoms with Crippen molar-refractivity contribution in [3.8, 4) is 0 Å². The van der Waals surface area contributed by atoms with Gasteiger partial charge in [-0.3, -0.25) is 9.48 Å². The first-order valence-electron chi connectivity index (χ1n) is 8.71. The molecule has 1 saturated heterocycles. The molecule has 1 amide bonds. The van der Waals surface area contributed by atoms with Crippen LogP contribution in [0.5, 0.6) is 0 Å². The molecule has 0 bridgehead atoms. The molecule has 0 aliphatic carbocycles. The van der Waals surface area contributed by atoms with Gasteiger partial charge in [-0.05, 0) is 42.9 Å². The molecule has 1 aromatic carbocycles. The van der Waals surface area contributed by atoms with Crippen molar-refractivity contribution in [2.75, 3.05) is 13.1 Å². The molecule has 0 spiro atoms. The highest BCUT2D eigenvalue weighted by atomic mass is 16.3. The number of nitrogens with zero attached hydrogens (tertiary/aromatic N) is 3. The third-order valence-electron chi connectivity index (χ3n) is 4.92. The largest absolute Gasteiger partial charge is 0.391 e. The summed E-state index contributed by atoms with van der Waals surface area (Å²) in [7, 11) is 1.84. The predicted octanol–water partition coefficient (Wildman–Crippen LogP) is 2.19. The van der Waals surface area contributed by atoms with Crippen molar-refractivity contribution < 1.29 is 9.90 Å². The minimum Gasteiger partial charge on any atom is -0.391 e. The molecular formula is C20H25N3O2. The van der Waals surface area contributed by atoms with Crippen molar-refractivity contribution in [2.24, 2.45) is 13.0 Å². The molecule has 2 atom stereocenters. The number of aliphatic hydroxyl groups is 1. The second-order valence-electron chi connectivity index (χ2n) is 6.81.